The van der Waals surface area contributed by atoms with Gasteiger partial charge in [-0.1, -0.05) is 62.7 Å². The van der Waals surface area contributed by atoms with E-state index in [2.05, 4.69) is 26.1 Å². The van der Waals surface area contributed by atoms with Crippen molar-refractivity contribution in [2.24, 2.45) is 0 Å². The van der Waals surface area contributed by atoms with Crippen LogP contribution in [0.15, 0.2) is 83.5 Å². The van der Waals surface area contributed by atoms with Crippen LogP contribution in [0.3, 0.4) is 0 Å². The Morgan fingerprint density at radius 1 is 0.886 bits per heavy atom. The number of rotatable bonds is 5. The summed E-state index contributed by atoms with van der Waals surface area (Å²) in [6.45, 7) is 8.15. The first-order valence-electron chi connectivity index (χ1n) is 11.1. The summed E-state index contributed by atoms with van der Waals surface area (Å²) in [5, 5.41) is 2.72. The molecule has 0 spiro atoms. The summed E-state index contributed by atoms with van der Waals surface area (Å²) in [7, 11) is 0. The molecule has 0 saturated carbocycles. The average molecular weight is 489 g/mol. The Morgan fingerprint density at radius 3 is 2.11 bits per heavy atom. The van der Waals surface area contributed by atoms with Crippen molar-refractivity contribution in [3.05, 3.63) is 100 Å². The number of ether oxygens (including phenoxy) is 1. The van der Waals surface area contributed by atoms with Crippen LogP contribution in [0.4, 0.5) is 11.4 Å². The largest absolute Gasteiger partial charge is 0.423 e. The molecule has 0 fully saturated rings. The van der Waals surface area contributed by atoms with Gasteiger partial charge in [0.2, 0.25) is 0 Å². The molecule has 0 unspecified atom stereocenters. The molecule has 0 saturated heterocycles. The average Bonchev–Trinajstić information content (AvgIpc) is 3.03. The van der Waals surface area contributed by atoms with Gasteiger partial charge in [-0.05, 0) is 65.9 Å². The zero-order valence-electron chi connectivity index (χ0n) is 19.9. The molecule has 1 aliphatic heterocycles. The minimum absolute atomic E-state index is 0.00593. The number of anilines is 2. The first-order chi connectivity index (χ1) is 16.6. The lowest BCUT2D eigenvalue weighted by atomic mass is 9.87. The molecule has 35 heavy (non-hydrogen) atoms. The summed E-state index contributed by atoms with van der Waals surface area (Å²) in [6, 6.07) is 20.9. The number of nitrogens with zero attached hydrogens (tertiary/aromatic N) is 1. The number of halogens is 1. The van der Waals surface area contributed by atoms with Gasteiger partial charge in [-0.25, -0.2) is 9.69 Å². The molecule has 0 atom stereocenters. The van der Waals surface area contributed by atoms with E-state index in [4.69, 9.17) is 16.3 Å². The van der Waals surface area contributed by atoms with Gasteiger partial charge < -0.3 is 10.1 Å². The van der Waals surface area contributed by atoms with Gasteiger partial charge in [-0.3, -0.25) is 9.59 Å². The number of carbonyl (C=O) groups is 3. The quantitative estimate of drug-likeness (QED) is 0.273. The maximum Gasteiger partial charge on any atom is 0.343 e. The SMILES string of the molecule is Cc1ccccc1N1C(=O)C(Cl)=C(Nc2ccc(C(=O)Oc3ccc(C(C)(C)C)cc3)cc2)C1=O. The molecule has 2 amide bonds. The molecule has 1 heterocycles. The van der Waals surface area contributed by atoms with E-state index in [0.29, 0.717) is 22.7 Å². The third kappa shape index (κ3) is 4.98. The lowest BCUT2D eigenvalue weighted by Crippen LogP contribution is -2.32. The van der Waals surface area contributed by atoms with Crippen LogP contribution in [0.25, 0.3) is 0 Å². The fraction of sp³-hybridized carbons (Fsp3) is 0.179. The van der Waals surface area contributed by atoms with E-state index in [9.17, 15) is 14.4 Å². The lowest BCUT2D eigenvalue weighted by Gasteiger charge is -2.19. The number of esters is 1. The van der Waals surface area contributed by atoms with Gasteiger partial charge in [0.1, 0.15) is 16.5 Å². The number of benzene rings is 3. The van der Waals surface area contributed by atoms with E-state index in [1.165, 1.54) is 0 Å². The maximum absolute atomic E-state index is 13.0. The van der Waals surface area contributed by atoms with Gasteiger partial charge in [0.25, 0.3) is 11.8 Å². The van der Waals surface area contributed by atoms with Crippen molar-refractivity contribution in [1.29, 1.82) is 0 Å². The molecule has 4 rings (SSSR count). The van der Waals surface area contributed by atoms with Crippen molar-refractivity contribution in [2.75, 3.05) is 10.2 Å². The highest BCUT2D eigenvalue weighted by molar-refractivity contribution is 6.53. The highest BCUT2D eigenvalue weighted by atomic mass is 35.5. The second-order valence-electron chi connectivity index (χ2n) is 9.29. The smallest absolute Gasteiger partial charge is 0.343 e. The van der Waals surface area contributed by atoms with E-state index >= 15 is 0 Å². The fourth-order valence-electron chi connectivity index (χ4n) is 3.67. The van der Waals surface area contributed by atoms with Crippen molar-refractivity contribution < 1.29 is 19.1 Å². The zero-order valence-corrected chi connectivity index (χ0v) is 20.6. The van der Waals surface area contributed by atoms with Crippen LogP contribution >= 0.6 is 11.6 Å². The summed E-state index contributed by atoms with van der Waals surface area (Å²) in [4.78, 5) is 39.3. The Hall–Kier alpha value is -3.90. The first kappa shape index (κ1) is 24.2. The number of hydrogen-bond donors (Lipinski definition) is 1. The molecule has 1 N–H and O–H groups in total. The van der Waals surface area contributed by atoms with Crippen molar-refractivity contribution in [2.45, 2.75) is 33.1 Å². The number of amides is 2. The van der Waals surface area contributed by atoms with Crippen molar-refractivity contribution >= 4 is 40.8 Å². The molecule has 0 radical (unpaired) electrons. The molecule has 178 valence electrons. The fourth-order valence-corrected chi connectivity index (χ4v) is 3.88. The Morgan fingerprint density at radius 2 is 1.51 bits per heavy atom. The molecule has 3 aromatic rings. The van der Waals surface area contributed by atoms with Gasteiger partial charge in [-0.15, -0.1) is 0 Å². The normalized spacial score (nSPS) is 13.9. The van der Waals surface area contributed by atoms with Gasteiger partial charge in [0.15, 0.2) is 0 Å². The third-order valence-electron chi connectivity index (χ3n) is 5.70. The second-order valence-corrected chi connectivity index (χ2v) is 9.67. The summed E-state index contributed by atoms with van der Waals surface area (Å²) < 4.78 is 5.47. The lowest BCUT2D eigenvalue weighted by molar-refractivity contribution is -0.120. The highest BCUT2D eigenvalue weighted by Crippen LogP contribution is 2.32. The Kier molecular flexibility index (Phi) is 6.50. The van der Waals surface area contributed by atoms with Crippen LogP contribution in [0.1, 0.15) is 42.3 Å². The molecule has 6 nitrogen and oxygen atoms in total. The summed E-state index contributed by atoms with van der Waals surface area (Å²) >= 11 is 6.21. The molecule has 7 heteroatoms. The Balaban J connectivity index is 1.45. The number of aryl methyl sites for hydroxylation is 1. The van der Waals surface area contributed by atoms with Gasteiger partial charge in [0.05, 0.1) is 11.3 Å². The predicted octanol–water partition coefficient (Wildman–Crippen LogP) is 5.95. The van der Waals surface area contributed by atoms with Crippen molar-refractivity contribution in [3.63, 3.8) is 0 Å². The number of carbonyl (C=O) groups excluding carboxylic acids is 3. The molecular weight excluding hydrogens is 464 g/mol. The molecule has 0 bridgehead atoms. The summed E-state index contributed by atoms with van der Waals surface area (Å²) in [6.07, 6.45) is 0. The maximum atomic E-state index is 13.0. The number of nitrogens with one attached hydrogen (secondary N) is 1. The van der Waals surface area contributed by atoms with E-state index in [1.54, 1.807) is 48.5 Å². The standard InChI is InChI=1S/C28H25ClN2O4/c1-17-7-5-6-8-22(17)31-25(32)23(29)24(26(31)33)30-20-13-9-18(10-14-20)27(34)35-21-15-11-19(12-16-21)28(2,3)4/h5-16,30H,1-4H3. The van der Waals surface area contributed by atoms with Crippen molar-refractivity contribution in [1.82, 2.24) is 0 Å². The van der Waals surface area contributed by atoms with Crippen molar-refractivity contribution in [3.8, 4) is 5.75 Å². The monoisotopic (exact) mass is 488 g/mol. The predicted molar refractivity (Wildman–Crippen MR) is 137 cm³/mol. The Labute approximate surface area is 209 Å². The van der Waals surface area contributed by atoms with Crippen LogP contribution in [0.5, 0.6) is 5.75 Å². The molecule has 3 aromatic carbocycles. The minimum atomic E-state index is -0.592. The Bertz CT molecular complexity index is 1340. The molecule has 1 aliphatic rings. The summed E-state index contributed by atoms with van der Waals surface area (Å²) in [5.41, 5.74) is 3.21. The summed E-state index contributed by atoms with van der Waals surface area (Å²) in [5.74, 6) is -1.19. The van der Waals surface area contributed by atoms with Crippen LogP contribution in [-0.2, 0) is 15.0 Å². The molecule has 0 aliphatic carbocycles. The van der Waals surface area contributed by atoms with Gasteiger partial charge >= 0.3 is 5.97 Å². The van der Waals surface area contributed by atoms with Crippen LogP contribution in [-0.4, -0.2) is 17.8 Å². The topological polar surface area (TPSA) is 75.7 Å². The van der Waals surface area contributed by atoms with Crippen LogP contribution < -0.4 is 15.0 Å². The number of para-hydroxylation sites is 1. The van der Waals surface area contributed by atoms with E-state index in [0.717, 1.165) is 16.0 Å². The first-order valence-corrected chi connectivity index (χ1v) is 11.5. The van der Waals surface area contributed by atoms with Crippen LogP contribution in [0.2, 0.25) is 0 Å². The highest BCUT2D eigenvalue weighted by Gasteiger charge is 2.39. The second kappa shape index (κ2) is 9.39. The third-order valence-corrected chi connectivity index (χ3v) is 6.06. The number of hydrogen-bond acceptors (Lipinski definition) is 5. The van der Waals surface area contributed by atoms with E-state index < -0.39 is 17.8 Å². The van der Waals surface area contributed by atoms with E-state index in [-0.39, 0.29) is 16.1 Å². The van der Waals surface area contributed by atoms with E-state index in [1.807, 2.05) is 31.2 Å². The van der Waals surface area contributed by atoms with Gasteiger partial charge in [-0.2, -0.15) is 0 Å². The molecule has 0 aromatic heterocycles. The zero-order chi connectivity index (χ0) is 25.3. The molecular formula is C28H25ClN2O4. The van der Waals surface area contributed by atoms with Gasteiger partial charge in [0, 0.05) is 5.69 Å². The number of imide groups is 1. The minimum Gasteiger partial charge on any atom is -0.423 e. The van der Waals surface area contributed by atoms with Crippen LogP contribution in [0, 0.1) is 6.92 Å².